The first kappa shape index (κ1) is 6.57. The van der Waals surface area contributed by atoms with Crippen molar-refractivity contribution in [2.45, 2.75) is 32.2 Å². The summed E-state index contributed by atoms with van der Waals surface area (Å²) in [7, 11) is 0. The van der Waals surface area contributed by atoms with Crippen molar-refractivity contribution >= 4 is 0 Å². The van der Waals surface area contributed by atoms with Gasteiger partial charge in [-0.1, -0.05) is 6.92 Å². The van der Waals surface area contributed by atoms with Crippen molar-refractivity contribution in [1.29, 1.82) is 5.26 Å². The van der Waals surface area contributed by atoms with Crippen molar-refractivity contribution in [2.75, 3.05) is 0 Å². The van der Waals surface area contributed by atoms with Crippen LogP contribution in [0.5, 0.6) is 0 Å². The molecule has 0 aromatic rings. The fraction of sp³-hybridized carbons (Fsp3) is 0.857. The van der Waals surface area contributed by atoms with E-state index in [1.165, 1.54) is 0 Å². The maximum Gasteiger partial charge on any atom is 0.0725 e. The molecule has 2 nitrogen and oxygen atoms in total. The van der Waals surface area contributed by atoms with Crippen molar-refractivity contribution in [3.05, 3.63) is 0 Å². The van der Waals surface area contributed by atoms with Gasteiger partial charge < -0.3 is 5.73 Å². The second kappa shape index (κ2) is 2.00. The molecule has 0 heterocycles. The molecule has 1 rings (SSSR count). The third kappa shape index (κ3) is 0.927. The van der Waals surface area contributed by atoms with Crippen molar-refractivity contribution in [3.8, 4) is 6.07 Å². The van der Waals surface area contributed by atoms with Crippen molar-refractivity contribution < 1.29 is 0 Å². The normalized spacial score (nSPS) is 24.6. The first-order chi connectivity index (χ1) is 4.25. The zero-order chi connectivity index (χ0) is 6.91. The van der Waals surface area contributed by atoms with E-state index in [0.717, 1.165) is 19.3 Å². The maximum atomic E-state index is 8.63. The third-order valence-corrected chi connectivity index (χ3v) is 2.16. The summed E-state index contributed by atoms with van der Waals surface area (Å²) < 4.78 is 0. The molecule has 1 saturated carbocycles. The highest BCUT2D eigenvalue weighted by Gasteiger charge is 2.47. The molecule has 0 aromatic carbocycles. The van der Waals surface area contributed by atoms with Crippen LogP contribution >= 0.6 is 0 Å². The van der Waals surface area contributed by atoms with Gasteiger partial charge in [-0.05, 0) is 19.3 Å². The Balaban J connectivity index is 2.52. The highest BCUT2D eigenvalue weighted by molar-refractivity contribution is 5.14. The second-order valence-electron chi connectivity index (χ2n) is 2.78. The molecule has 0 bridgehead atoms. The standard InChI is InChI=1S/C7H12N2/c1-2-6(9)7(5-8)3-4-7/h6H,2-4,9H2,1H3. The second-order valence-corrected chi connectivity index (χ2v) is 2.78. The van der Waals surface area contributed by atoms with Gasteiger partial charge in [0.25, 0.3) is 0 Å². The number of nitriles is 1. The number of rotatable bonds is 2. The van der Waals surface area contributed by atoms with Gasteiger partial charge in [0.05, 0.1) is 11.5 Å². The van der Waals surface area contributed by atoms with E-state index in [1.54, 1.807) is 0 Å². The molecule has 2 heteroatoms. The molecule has 1 atom stereocenters. The van der Waals surface area contributed by atoms with Crippen LogP contribution in [-0.4, -0.2) is 6.04 Å². The lowest BCUT2D eigenvalue weighted by Gasteiger charge is -2.12. The Labute approximate surface area is 55.7 Å². The first-order valence-electron chi connectivity index (χ1n) is 3.42. The lowest BCUT2D eigenvalue weighted by molar-refractivity contribution is 0.484. The van der Waals surface area contributed by atoms with Crippen LogP contribution in [0.1, 0.15) is 26.2 Å². The minimum Gasteiger partial charge on any atom is -0.326 e. The minimum absolute atomic E-state index is 0.113. The van der Waals surface area contributed by atoms with Gasteiger partial charge in [-0.3, -0.25) is 0 Å². The summed E-state index contributed by atoms with van der Waals surface area (Å²) in [6, 6.07) is 2.39. The van der Waals surface area contributed by atoms with Crippen LogP contribution in [0.2, 0.25) is 0 Å². The molecule has 1 fully saturated rings. The first-order valence-corrected chi connectivity index (χ1v) is 3.42. The van der Waals surface area contributed by atoms with Gasteiger partial charge in [-0.25, -0.2) is 0 Å². The van der Waals surface area contributed by atoms with Crippen molar-refractivity contribution in [1.82, 2.24) is 0 Å². The summed E-state index contributed by atoms with van der Waals surface area (Å²) in [5.74, 6) is 0. The lowest BCUT2D eigenvalue weighted by atomic mass is 9.97. The molecule has 0 amide bonds. The Bertz CT molecular complexity index is 141. The van der Waals surface area contributed by atoms with Crippen LogP contribution in [0.25, 0.3) is 0 Å². The SMILES string of the molecule is CCC(N)C1(C#N)CC1. The predicted molar refractivity (Wildman–Crippen MR) is 35.5 cm³/mol. The lowest BCUT2D eigenvalue weighted by Crippen LogP contribution is -2.29. The van der Waals surface area contributed by atoms with Gasteiger partial charge in [0, 0.05) is 6.04 Å². The Morgan fingerprint density at radius 1 is 1.78 bits per heavy atom. The quantitative estimate of drug-likeness (QED) is 0.597. The van der Waals surface area contributed by atoms with E-state index >= 15 is 0 Å². The molecular formula is C7H12N2. The smallest absolute Gasteiger partial charge is 0.0725 e. The van der Waals surface area contributed by atoms with Crippen LogP contribution in [0.4, 0.5) is 0 Å². The Morgan fingerprint density at radius 2 is 2.33 bits per heavy atom. The Hall–Kier alpha value is -0.550. The van der Waals surface area contributed by atoms with Crippen LogP contribution in [-0.2, 0) is 0 Å². The van der Waals surface area contributed by atoms with E-state index in [0.29, 0.717) is 0 Å². The molecule has 9 heavy (non-hydrogen) atoms. The van der Waals surface area contributed by atoms with Crippen LogP contribution < -0.4 is 5.73 Å². The highest BCUT2D eigenvalue weighted by Crippen LogP contribution is 2.47. The minimum atomic E-state index is -0.116. The molecule has 2 N–H and O–H groups in total. The molecule has 1 aliphatic rings. The molecule has 0 radical (unpaired) electrons. The van der Waals surface area contributed by atoms with Gasteiger partial charge in [0.15, 0.2) is 0 Å². The zero-order valence-corrected chi connectivity index (χ0v) is 5.72. The number of hydrogen-bond acceptors (Lipinski definition) is 2. The van der Waals surface area contributed by atoms with E-state index < -0.39 is 0 Å². The van der Waals surface area contributed by atoms with Gasteiger partial charge >= 0.3 is 0 Å². The van der Waals surface area contributed by atoms with Crippen molar-refractivity contribution in [3.63, 3.8) is 0 Å². The molecule has 1 unspecified atom stereocenters. The molecule has 0 saturated heterocycles. The van der Waals surface area contributed by atoms with Crippen LogP contribution in [0.3, 0.4) is 0 Å². The summed E-state index contributed by atoms with van der Waals surface area (Å²) in [6.07, 6.45) is 2.95. The average molecular weight is 124 g/mol. The molecular weight excluding hydrogens is 112 g/mol. The van der Waals surface area contributed by atoms with Gasteiger partial charge in [-0.2, -0.15) is 5.26 Å². The Morgan fingerprint density at radius 3 is 2.44 bits per heavy atom. The van der Waals surface area contributed by atoms with E-state index in [4.69, 9.17) is 11.0 Å². The van der Waals surface area contributed by atoms with E-state index in [1.807, 2.05) is 6.92 Å². The highest BCUT2D eigenvalue weighted by atomic mass is 14.7. The van der Waals surface area contributed by atoms with Crippen molar-refractivity contribution in [2.24, 2.45) is 11.1 Å². The van der Waals surface area contributed by atoms with Crippen LogP contribution in [0.15, 0.2) is 0 Å². The van der Waals surface area contributed by atoms with Crippen LogP contribution in [0, 0.1) is 16.7 Å². The van der Waals surface area contributed by atoms with Gasteiger partial charge in [0.2, 0.25) is 0 Å². The molecule has 1 aliphatic carbocycles. The summed E-state index contributed by atoms with van der Waals surface area (Å²) in [4.78, 5) is 0. The van der Waals surface area contributed by atoms with Gasteiger partial charge in [0.1, 0.15) is 0 Å². The van der Waals surface area contributed by atoms with E-state index in [2.05, 4.69) is 6.07 Å². The number of nitrogens with zero attached hydrogens (tertiary/aromatic N) is 1. The number of nitrogens with two attached hydrogens (primary N) is 1. The largest absolute Gasteiger partial charge is 0.326 e. The molecule has 0 aromatic heterocycles. The fourth-order valence-corrected chi connectivity index (χ4v) is 1.09. The number of hydrogen-bond donors (Lipinski definition) is 1. The maximum absolute atomic E-state index is 8.63. The van der Waals surface area contributed by atoms with E-state index in [-0.39, 0.29) is 11.5 Å². The van der Waals surface area contributed by atoms with E-state index in [9.17, 15) is 0 Å². The summed E-state index contributed by atoms with van der Waals surface area (Å²) in [6.45, 7) is 2.03. The summed E-state index contributed by atoms with van der Waals surface area (Å²) in [5.41, 5.74) is 5.58. The topological polar surface area (TPSA) is 49.8 Å². The predicted octanol–water partition coefficient (Wildman–Crippen LogP) is 1.03. The summed E-state index contributed by atoms with van der Waals surface area (Å²) in [5, 5.41) is 8.63. The molecule has 50 valence electrons. The molecule has 0 aliphatic heterocycles. The van der Waals surface area contributed by atoms with Gasteiger partial charge in [-0.15, -0.1) is 0 Å². The third-order valence-electron chi connectivity index (χ3n) is 2.16. The fourth-order valence-electron chi connectivity index (χ4n) is 1.09. The average Bonchev–Trinajstić information content (AvgIpc) is 2.66. The zero-order valence-electron chi connectivity index (χ0n) is 5.72. The Kier molecular flexibility index (Phi) is 1.46. The monoisotopic (exact) mass is 124 g/mol. The summed E-state index contributed by atoms with van der Waals surface area (Å²) >= 11 is 0. The molecule has 0 spiro atoms.